The molecule has 7 nitrogen and oxygen atoms in total. The number of hydrogen-bond donors (Lipinski definition) is 3. The molecular formula is C29H34ClFN3O4P. The lowest BCUT2D eigenvalue weighted by Crippen LogP contribution is -2.35. The highest BCUT2D eigenvalue weighted by molar-refractivity contribution is 7.62. The standard InChI is InChI=1S/C29H34ClFN3O4P/c1-18-11-27(20(3)32-13-22-7-6-8-26(30)29(22)31)34(14-18)19(2)15-33-16-25(21(4)35)24-10-9-23(12-28(24)33)38-17-39(5,36)37/h6-10,12,16,18,27,32,36-37H,2-3,5,11,13-15,17H2,1,4H3/t18-,27+/m1/s1. The average molecular weight is 574 g/mol. The largest absolute Gasteiger partial charge is 0.484 e. The zero-order chi connectivity index (χ0) is 28.5. The molecule has 1 fully saturated rings. The molecule has 0 spiro atoms. The van der Waals surface area contributed by atoms with Crippen LogP contribution in [0.1, 0.15) is 36.2 Å². The van der Waals surface area contributed by atoms with E-state index in [1.807, 2.05) is 10.8 Å². The number of ketones is 1. The number of benzene rings is 2. The van der Waals surface area contributed by atoms with Crippen LogP contribution in [0, 0.1) is 11.7 Å². The van der Waals surface area contributed by atoms with Gasteiger partial charge in [-0.3, -0.25) is 4.79 Å². The van der Waals surface area contributed by atoms with E-state index in [2.05, 4.69) is 36.6 Å². The van der Waals surface area contributed by atoms with Gasteiger partial charge < -0.3 is 29.3 Å². The lowest BCUT2D eigenvalue weighted by Gasteiger charge is -2.31. The molecule has 0 radical (unpaired) electrons. The first-order valence-electron chi connectivity index (χ1n) is 12.6. The third-order valence-electron chi connectivity index (χ3n) is 6.88. The van der Waals surface area contributed by atoms with E-state index in [4.69, 9.17) is 16.3 Å². The molecule has 1 saturated heterocycles. The van der Waals surface area contributed by atoms with Gasteiger partial charge in [-0.1, -0.05) is 43.8 Å². The molecule has 0 saturated carbocycles. The summed E-state index contributed by atoms with van der Waals surface area (Å²) in [5.41, 5.74) is 3.42. The summed E-state index contributed by atoms with van der Waals surface area (Å²) in [5, 5.41) is 4.13. The molecule has 2 atom stereocenters. The first kappa shape index (κ1) is 29.0. The maximum atomic E-state index is 14.4. The molecular weight excluding hydrogens is 540 g/mol. The van der Waals surface area contributed by atoms with Crippen LogP contribution in [-0.4, -0.2) is 50.3 Å². The normalized spacial score (nSPS) is 17.4. The Morgan fingerprint density at radius 2 is 2.03 bits per heavy atom. The quantitative estimate of drug-likeness (QED) is 0.200. The third-order valence-corrected chi connectivity index (χ3v) is 7.71. The smallest absolute Gasteiger partial charge is 0.161 e. The van der Waals surface area contributed by atoms with Gasteiger partial charge in [-0.2, -0.15) is 0 Å². The summed E-state index contributed by atoms with van der Waals surface area (Å²) < 4.78 is 21.9. The minimum atomic E-state index is -3.35. The van der Waals surface area contributed by atoms with Crippen LogP contribution in [0.2, 0.25) is 5.02 Å². The van der Waals surface area contributed by atoms with Gasteiger partial charge in [-0.05, 0) is 43.8 Å². The summed E-state index contributed by atoms with van der Waals surface area (Å²) in [5.74, 6) is 0.332. The van der Waals surface area contributed by atoms with Crippen molar-refractivity contribution in [2.24, 2.45) is 5.92 Å². The van der Waals surface area contributed by atoms with E-state index < -0.39 is 13.2 Å². The van der Waals surface area contributed by atoms with Crippen molar-refractivity contribution >= 4 is 41.9 Å². The van der Waals surface area contributed by atoms with Gasteiger partial charge >= 0.3 is 0 Å². The van der Waals surface area contributed by atoms with E-state index >= 15 is 0 Å². The van der Waals surface area contributed by atoms with Gasteiger partial charge in [-0.15, -0.1) is 0 Å². The molecule has 1 aliphatic heterocycles. The molecule has 4 rings (SSSR count). The summed E-state index contributed by atoms with van der Waals surface area (Å²) >= 11 is 5.93. The molecule has 0 amide bonds. The van der Waals surface area contributed by atoms with Gasteiger partial charge in [0.15, 0.2) is 12.1 Å². The topological polar surface area (TPSA) is 87.0 Å². The maximum absolute atomic E-state index is 14.4. The Labute approximate surface area is 233 Å². The van der Waals surface area contributed by atoms with Crippen LogP contribution in [0.5, 0.6) is 5.75 Å². The van der Waals surface area contributed by atoms with Crippen molar-refractivity contribution in [3.05, 3.63) is 89.1 Å². The van der Waals surface area contributed by atoms with Crippen LogP contribution in [0.15, 0.2) is 67.1 Å². The van der Waals surface area contributed by atoms with Gasteiger partial charge in [0.05, 0.1) is 23.1 Å². The van der Waals surface area contributed by atoms with Gasteiger partial charge in [0.2, 0.25) is 0 Å². The van der Waals surface area contributed by atoms with Crippen LogP contribution in [0.3, 0.4) is 0 Å². The number of fused-ring (bicyclic) bond motifs is 1. The average Bonchev–Trinajstić information content (AvgIpc) is 3.43. The zero-order valence-electron chi connectivity index (χ0n) is 22.2. The van der Waals surface area contributed by atoms with E-state index in [1.54, 1.807) is 30.3 Å². The minimum Gasteiger partial charge on any atom is -0.484 e. The Balaban J connectivity index is 1.54. The Morgan fingerprint density at radius 1 is 1.28 bits per heavy atom. The number of likely N-dealkylation sites (tertiary alicyclic amines) is 1. The van der Waals surface area contributed by atoms with E-state index in [9.17, 15) is 19.0 Å². The molecule has 0 bridgehead atoms. The van der Waals surface area contributed by atoms with E-state index in [0.717, 1.165) is 35.3 Å². The van der Waals surface area contributed by atoms with Crippen LogP contribution < -0.4 is 10.1 Å². The summed E-state index contributed by atoms with van der Waals surface area (Å²) in [6, 6.07) is 10.2. The van der Waals surface area contributed by atoms with Crippen LogP contribution in [0.25, 0.3) is 10.9 Å². The SMILES string of the molecule is C=C(NCc1cccc(Cl)c1F)[C@@H]1C[C@@H](C)CN1C(=C)Cn1cc(C(C)=O)c2ccc(OCP(=C)(O)O)cc21. The van der Waals surface area contributed by atoms with Gasteiger partial charge in [0.25, 0.3) is 0 Å². The van der Waals surface area contributed by atoms with Crippen LogP contribution in [-0.2, 0) is 13.1 Å². The minimum absolute atomic E-state index is 0.0361. The second kappa shape index (κ2) is 11.6. The Kier molecular flexibility index (Phi) is 8.62. The monoisotopic (exact) mass is 573 g/mol. The number of nitrogens with zero attached hydrogens (tertiary/aromatic N) is 2. The molecule has 208 valence electrons. The van der Waals surface area contributed by atoms with Crippen LogP contribution in [0.4, 0.5) is 4.39 Å². The molecule has 1 aliphatic rings. The van der Waals surface area contributed by atoms with Crippen molar-refractivity contribution < 1.29 is 23.7 Å². The number of Topliss-reactive ketones (excluding diaryl/α,β-unsaturated/α-hetero) is 1. The summed E-state index contributed by atoms with van der Waals surface area (Å²) in [6.07, 6.45) is 5.71. The molecule has 2 heterocycles. The predicted octanol–water partition coefficient (Wildman–Crippen LogP) is 5.76. The van der Waals surface area contributed by atoms with Crippen molar-refractivity contribution in [3.8, 4) is 5.75 Å². The molecule has 1 aromatic heterocycles. The number of aromatic nitrogens is 1. The van der Waals surface area contributed by atoms with Gasteiger partial charge in [-0.25, -0.2) is 4.39 Å². The summed E-state index contributed by atoms with van der Waals surface area (Å²) in [6.45, 7) is 13.8. The van der Waals surface area contributed by atoms with Crippen molar-refractivity contribution in [2.45, 2.75) is 39.4 Å². The van der Waals surface area contributed by atoms with Gasteiger partial charge in [0.1, 0.15) is 18.9 Å². The third kappa shape index (κ3) is 6.76. The van der Waals surface area contributed by atoms with Gasteiger partial charge in [0, 0.05) is 53.3 Å². The van der Waals surface area contributed by atoms with E-state index in [1.165, 1.54) is 13.0 Å². The first-order valence-corrected chi connectivity index (χ1v) is 15.0. The number of carbonyl (C=O) groups is 1. The number of allylic oxidation sites excluding steroid dienone is 1. The molecule has 39 heavy (non-hydrogen) atoms. The molecule has 3 N–H and O–H groups in total. The highest BCUT2D eigenvalue weighted by Crippen LogP contribution is 2.36. The second-order valence-corrected chi connectivity index (χ2v) is 12.6. The van der Waals surface area contributed by atoms with Crippen molar-refractivity contribution in [3.63, 3.8) is 0 Å². The number of nitrogens with one attached hydrogen (secondary N) is 1. The summed E-state index contributed by atoms with van der Waals surface area (Å²) in [7, 11) is -3.35. The molecule has 2 aromatic carbocycles. The van der Waals surface area contributed by atoms with Crippen molar-refractivity contribution in [1.29, 1.82) is 0 Å². The van der Waals surface area contributed by atoms with Crippen LogP contribution >= 0.6 is 18.9 Å². The number of rotatable bonds is 11. The highest BCUT2D eigenvalue weighted by Gasteiger charge is 2.32. The zero-order valence-corrected chi connectivity index (χ0v) is 23.8. The van der Waals surface area contributed by atoms with Crippen molar-refractivity contribution in [2.75, 3.05) is 12.9 Å². The number of ether oxygens (including phenoxy) is 1. The van der Waals surface area contributed by atoms with E-state index in [0.29, 0.717) is 29.3 Å². The molecule has 0 unspecified atom stereocenters. The Morgan fingerprint density at radius 3 is 2.72 bits per heavy atom. The lowest BCUT2D eigenvalue weighted by molar-refractivity contribution is 0.101. The molecule has 3 aromatic rings. The number of hydrogen-bond acceptors (Lipinski definition) is 6. The highest BCUT2D eigenvalue weighted by atomic mass is 35.5. The van der Waals surface area contributed by atoms with E-state index in [-0.39, 0.29) is 29.7 Å². The van der Waals surface area contributed by atoms with Crippen molar-refractivity contribution in [1.82, 2.24) is 14.8 Å². The lowest BCUT2D eigenvalue weighted by atomic mass is 10.1. The Bertz CT molecular complexity index is 1480. The second-order valence-electron chi connectivity index (χ2n) is 10.2. The maximum Gasteiger partial charge on any atom is 0.161 e. The number of halogens is 2. The Hall–Kier alpha value is -3.03. The molecule has 0 aliphatic carbocycles. The number of carbonyl (C=O) groups excluding carboxylic acids is 1. The summed E-state index contributed by atoms with van der Waals surface area (Å²) in [4.78, 5) is 33.8. The fourth-order valence-corrected chi connectivity index (χ4v) is 5.53. The fraction of sp³-hybridized carbons (Fsp3) is 0.310. The predicted molar refractivity (Wildman–Crippen MR) is 157 cm³/mol. The first-order chi connectivity index (χ1) is 18.3. The fourth-order valence-electron chi connectivity index (χ4n) is 4.98. The molecule has 10 heteroatoms.